The van der Waals surface area contributed by atoms with Crippen molar-refractivity contribution in [1.82, 2.24) is 0 Å². The Morgan fingerprint density at radius 1 is 1.09 bits per heavy atom. The zero-order valence-corrected chi connectivity index (χ0v) is 7.53. The molecule has 11 heavy (non-hydrogen) atoms. The van der Waals surface area contributed by atoms with Crippen molar-refractivity contribution in [3.8, 4) is 0 Å². The second kappa shape index (κ2) is 5.34. The van der Waals surface area contributed by atoms with Crippen LogP contribution in [0.4, 0.5) is 0 Å². The van der Waals surface area contributed by atoms with Gasteiger partial charge < -0.3 is 0 Å². The molecule has 0 bridgehead atoms. The van der Waals surface area contributed by atoms with Crippen LogP contribution in [0.5, 0.6) is 0 Å². The molecule has 0 fully saturated rings. The topological polar surface area (TPSA) is 17.1 Å². The Morgan fingerprint density at radius 3 is 1.36 bits per heavy atom. The Kier molecular flexibility index (Phi) is 6.44. The molecule has 0 atom stereocenters. The van der Waals surface area contributed by atoms with E-state index in [0.717, 1.165) is 19.3 Å². The molecule has 0 spiro atoms. The minimum Gasteiger partial charge on any atom is -0.299 e. The molecule has 0 saturated heterocycles. The highest BCUT2D eigenvalue weighted by molar-refractivity contribution is 5.82. The molecule has 0 aromatic rings. The zero-order chi connectivity index (χ0) is 8.20. The van der Waals surface area contributed by atoms with E-state index in [9.17, 15) is 4.79 Å². The van der Waals surface area contributed by atoms with Gasteiger partial charge in [0.2, 0.25) is 0 Å². The molecule has 0 heterocycles. The monoisotopic (exact) mass is 158 g/mol. The molecule has 0 aliphatic rings. The summed E-state index contributed by atoms with van der Waals surface area (Å²) in [6, 6.07) is 0. The van der Waals surface area contributed by atoms with Crippen molar-refractivity contribution in [3.63, 3.8) is 0 Å². The van der Waals surface area contributed by atoms with Crippen LogP contribution in [0.3, 0.4) is 0 Å². The van der Waals surface area contributed by atoms with Crippen molar-refractivity contribution in [2.24, 2.45) is 5.41 Å². The van der Waals surface area contributed by atoms with Gasteiger partial charge in [-0.25, -0.2) is 0 Å². The molecule has 0 rings (SSSR count). The first-order valence-electron chi connectivity index (χ1n) is 4.14. The summed E-state index contributed by atoms with van der Waals surface area (Å²) >= 11 is 0. The fourth-order valence-electron chi connectivity index (χ4n) is 1.50. The zero-order valence-electron chi connectivity index (χ0n) is 7.53. The lowest BCUT2D eigenvalue weighted by Crippen LogP contribution is -2.26. The normalized spacial score (nSPS) is 10.5. The summed E-state index contributed by atoms with van der Waals surface area (Å²) in [5, 5.41) is 0. The second-order valence-electron chi connectivity index (χ2n) is 2.90. The number of hydrogen-bond acceptors (Lipinski definition) is 1. The summed E-state index contributed by atoms with van der Waals surface area (Å²) < 4.78 is 0. The molecule has 0 amide bonds. The Morgan fingerprint density at radius 2 is 1.36 bits per heavy atom. The highest BCUT2D eigenvalue weighted by atomic mass is 16.1. The SMILES string of the molecule is C.CCC(CC)(CC)C(C)=O. The van der Waals surface area contributed by atoms with Crippen molar-refractivity contribution in [3.05, 3.63) is 0 Å². The lowest BCUT2D eigenvalue weighted by molar-refractivity contribution is -0.127. The number of ketones is 1. The van der Waals surface area contributed by atoms with E-state index < -0.39 is 0 Å². The molecule has 0 aromatic heterocycles. The van der Waals surface area contributed by atoms with Crippen LogP contribution in [0.25, 0.3) is 0 Å². The van der Waals surface area contributed by atoms with E-state index in [2.05, 4.69) is 20.8 Å². The maximum absolute atomic E-state index is 11.2. The second-order valence-corrected chi connectivity index (χ2v) is 2.90. The minimum atomic E-state index is -0.0139. The molecule has 68 valence electrons. The van der Waals surface area contributed by atoms with E-state index in [-0.39, 0.29) is 12.8 Å². The van der Waals surface area contributed by atoms with Gasteiger partial charge in [0, 0.05) is 5.41 Å². The van der Waals surface area contributed by atoms with Crippen LogP contribution in [0.2, 0.25) is 0 Å². The lowest BCUT2D eigenvalue weighted by atomic mass is 9.77. The number of rotatable bonds is 4. The molecule has 0 aliphatic heterocycles. The highest BCUT2D eigenvalue weighted by Crippen LogP contribution is 2.30. The fourth-order valence-corrected chi connectivity index (χ4v) is 1.50. The molecule has 1 nitrogen and oxygen atoms in total. The van der Waals surface area contributed by atoms with Crippen LogP contribution in [0.15, 0.2) is 0 Å². The van der Waals surface area contributed by atoms with Gasteiger partial charge in [0.15, 0.2) is 0 Å². The van der Waals surface area contributed by atoms with Gasteiger partial charge in [-0.15, -0.1) is 0 Å². The maximum atomic E-state index is 11.2. The van der Waals surface area contributed by atoms with Crippen LogP contribution in [-0.4, -0.2) is 5.78 Å². The largest absolute Gasteiger partial charge is 0.299 e. The fraction of sp³-hybridized carbons (Fsp3) is 0.900. The molecule has 1 heteroatoms. The predicted octanol–water partition coefficient (Wildman–Crippen LogP) is 3.43. The summed E-state index contributed by atoms with van der Waals surface area (Å²) in [5.74, 6) is 0.347. The van der Waals surface area contributed by atoms with Gasteiger partial charge >= 0.3 is 0 Å². The third kappa shape index (κ3) is 2.64. The summed E-state index contributed by atoms with van der Waals surface area (Å²) in [6.07, 6.45) is 2.94. The number of hydrogen-bond donors (Lipinski definition) is 0. The predicted molar refractivity (Wildman–Crippen MR) is 50.7 cm³/mol. The van der Waals surface area contributed by atoms with Gasteiger partial charge in [0.05, 0.1) is 0 Å². The first-order chi connectivity index (χ1) is 4.63. The summed E-state index contributed by atoms with van der Waals surface area (Å²) in [6.45, 7) is 7.98. The first-order valence-corrected chi connectivity index (χ1v) is 4.14. The van der Waals surface area contributed by atoms with Crippen LogP contribution in [0.1, 0.15) is 54.4 Å². The Hall–Kier alpha value is -0.330. The summed E-state index contributed by atoms with van der Waals surface area (Å²) in [5.41, 5.74) is -0.0139. The highest BCUT2D eigenvalue weighted by Gasteiger charge is 2.28. The van der Waals surface area contributed by atoms with Gasteiger partial charge in [0.1, 0.15) is 5.78 Å². The molecule has 0 radical (unpaired) electrons. The number of carbonyl (C=O) groups is 1. The third-order valence-electron chi connectivity index (χ3n) is 2.78. The third-order valence-corrected chi connectivity index (χ3v) is 2.78. The summed E-state index contributed by atoms with van der Waals surface area (Å²) in [4.78, 5) is 11.2. The van der Waals surface area contributed by atoms with E-state index in [1.54, 1.807) is 6.92 Å². The van der Waals surface area contributed by atoms with Crippen molar-refractivity contribution >= 4 is 5.78 Å². The first kappa shape index (κ1) is 13.3. The van der Waals surface area contributed by atoms with Gasteiger partial charge in [-0.05, 0) is 26.2 Å². The Balaban J connectivity index is 0. The van der Waals surface area contributed by atoms with Crippen LogP contribution >= 0.6 is 0 Å². The molecule has 0 aromatic carbocycles. The molecule has 0 saturated carbocycles. The van der Waals surface area contributed by atoms with Crippen molar-refractivity contribution in [2.45, 2.75) is 54.4 Å². The van der Waals surface area contributed by atoms with Crippen LogP contribution in [-0.2, 0) is 4.79 Å². The standard InChI is InChI=1S/C9H18O.CH4/c1-5-9(6-2,7-3)8(4)10;/h5-7H2,1-4H3;1H4. The number of Topliss-reactive ketones (excluding diaryl/α,β-unsaturated/α-hetero) is 1. The van der Waals surface area contributed by atoms with Crippen molar-refractivity contribution < 1.29 is 4.79 Å². The van der Waals surface area contributed by atoms with E-state index >= 15 is 0 Å². The van der Waals surface area contributed by atoms with Gasteiger partial charge in [-0.3, -0.25) is 4.79 Å². The lowest BCUT2D eigenvalue weighted by Gasteiger charge is -2.26. The van der Waals surface area contributed by atoms with E-state index in [4.69, 9.17) is 0 Å². The Labute approximate surface area is 71.2 Å². The van der Waals surface area contributed by atoms with Gasteiger partial charge in [0.25, 0.3) is 0 Å². The number of carbonyl (C=O) groups excluding carboxylic acids is 1. The van der Waals surface area contributed by atoms with Crippen LogP contribution in [0, 0.1) is 5.41 Å². The van der Waals surface area contributed by atoms with E-state index in [1.807, 2.05) is 0 Å². The smallest absolute Gasteiger partial charge is 0.135 e. The molecular weight excluding hydrogens is 136 g/mol. The minimum absolute atomic E-state index is 0. The maximum Gasteiger partial charge on any atom is 0.135 e. The molecular formula is C10H22O. The average Bonchev–Trinajstić information content (AvgIpc) is 1.92. The van der Waals surface area contributed by atoms with E-state index in [0.29, 0.717) is 5.78 Å². The quantitative estimate of drug-likeness (QED) is 0.612. The summed E-state index contributed by atoms with van der Waals surface area (Å²) in [7, 11) is 0. The van der Waals surface area contributed by atoms with Crippen molar-refractivity contribution in [2.75, 3.05) is 0 Å². The molecule has 0 aliphatic carbocycles. The van der Waals surface area contributed by atoms with Crippen molar-refractivity contribution in [1.29, 1.82) is 0 Å². The Bertz CT molecular complexity index is 104. The van der Waals surface area contributed by atoms with Gasteiger partial charge in [-0.1, -0.05) is 28.2 Å². The van der Waals surface area contributed by atoms with E-state index in [1.165, 1.54) is 0 Å². The molecule has 0 unspecified atom stereocenters. The molecule has 0 N–H and O–H groups in total. The van der Waals surface area contributed by atoms with Crippen LogP contribution < -0.4 is 0 Å². The van der Waals surface area contributed by atoms with Gasteiger partial charge in [-0.2, -0.15) is 0 Å². The average molecular weight is 158 g/mol.